The molecular formula is C20H21ClN6O3S. The number of aryl methyl sites for hydroxylation is 1. The third-order valence-electron chi connectivity index (χ3n) is 4.86. The zero-order valence-electron chi connectivity index (χ0n) is 17.0. The molecule has 1 saturated heterocycles. The Bertz CT molecular complexity index is 1090. The molecule has 1 atom stereocenters. The Hall–Kier alpha value is -2.82. The fourth-order valence-electron chi connectivity index (χ4n) is 3.28. The lowest BCUT2D eigenvalue weighted by Crippen LogP contribution is -2.15. The minimum absolute atomic E-state index is 0.292. The molecule has 0 saturated carbocycles. The Balaban J connectivity index is 1.54. The van der Waals surface area contributed by atoms with Gasteiger partial charge in [0, 0.05) is 35.5 Å². The van der Waals surface area contributed by atoms with E-state index >= 15 is 0 Å². The number of carbonyl (C=O) groups is 1. The van der Waals surface area contributed by atoms with E-state index < -0.39 is 0 Å². The largest absolute Gasteiger partial charge is 0.494 e. The van der Waals surface area contributed by atoms with Crippen molar-refractivity contribution in [3.63, 3.8) is 0 Å². The number of carbonyl (C=O) groups excluding carboxylic acids is 1. The van der Waals surface area contributed by atoms with E-state index in [2.05, 4.69) is 30.8 Å². The van der Waals surface area contributed by atoms with Crippen LogP contribution >= 0.6 is 22.9 Å². The van der Waals surface area contributed by atoms with Crippen molar-refractivity contribution in [2.24, 2.45) is 5.92 Å². The van der Waals surface area contributed by atoms with Crippen molar-refractivity contribution in [1.29, 1.82) is 0 Å². The summed E-state index contributed by atoms with van der Waals surface area (Å²) in [4.78, 5) is 21.3. The topological polar surface area (TPSA) is 111 Å². The quantitative estimate of drug-likeness (QED) is 0.517. The minimum Gasteiger partial charge on any atom is -0.494 e. The molecule has 1 unspecified atom stereocenters. The van der Waals surface area contributed by atoms with Crippen LogP contribution in [0.2, 0.25) is 5.15 Å². The van der Waals surface area contributed by atoms with Gasteiger partial charge in [0.15, 0.2) is 0 Å². The summed E-state index contributed by atoms with van der Waals surface area (Å²) in [7, 11) is 1.53. The Kier molecular flexibility index (Phi) is 6.59. The first-order valence-electron chi connectivity index (χ1n) is 9.68. The maximum absolute atomic E-state index is 13.0. The van der Waals surface area contributed by atoms with Gasteiger partial charge in [0.25, 0.3) is 11.1 Å². The molecule has 0 spiro atoms. The average molecular weight is 461 g/mol. The van der Waals surface area contributed by atoms with Gasteiger partial charge in [-0.25, -0.2) is 4.98 Å². The van der Waals surface area contributed by atoms with Crippen LogP contribution in [0.25, 0.3) is 11.1 Å². The van der Waals surface area contributed by atoms with Crippen molar-refractivity contribution in [3.05, 3.63) is 40.9 Å². The summed E-state index contributed by atoms with van der Waals surface area (Å²) >= 11 is 7.27. The second-order valence-electron chi connectivity index (χ2n) is 7.08. The van der Waals surface area contributed by atoms with Crippen molar-refractivity contribution in [2.75, 3.05) is 32.1 Å². The average Bonchev–Trinajstić information content (AvgIpc) is 3.44. The molecule has 0 bridgehead atoms. The van der Waals surface area contributed by atoms with E-state index in [1.54, 1.807) is 12.1 Å². The highest BCUT2D eigenvalue weighted by atomic mass is 35.5. The van der Waals surface area contributed by atoms with Crippen LogP contribution in [0.5, 0.6) is 10.9 Å². The summed E-state index contributed by atoms with van der Waals surface area (Å²) in [5, 5.41) is 15.1. The first-order valence-corrected chi connectivity index (χ1v) is 10.9. The van der Waals surface area contributed by atoms with Crippen LogP contribution in [0.15, 0.2) is 24.5 Å². The highest BCUT2D eigenvalue weighted by Crippen LogP contribution is 2.34. The number of nitrogens with one attached hydrogen (secondary N) is 2. The standard InChI is InChI=1S/C20H21ClN6O3S/c1-11-5-13(14-6-17(21)24-9-16(14)29-2)15(8-23-11)18(28)25-19-26-27-20(31-19)30-10-12-3-4-22-7-12/h5-6,8-9,12,22H,3-4,7,10H2,1-2H3,(H,25,26,28). The van der Waals surface area contributed by atoms with Gasteiger partial charge < -0.3 is 14.8 Å². The van der Waals surface area contributed by atoms with E-state index in [0.717, 1.165) is 25.2 Å². The molecule has 0 aromatic carbocycles. The van der Waals surface area contributed by atoms with Crippen LogP contribution in [0.1, 0.15) is 22.5 Å². The lowest BCUT2D eigenvalue weighted by Gasteiger charge is -2.13. The third-order valence-corrected chi connectivity index (χ3v) is 5.82. The molecule has 9 nitrogen and oxygen atoms in total. The highest BCUT2D eigenvalue weighted by molar-refractivity contribution is 7.17. The number of rotatable bonds is 7. The number of aromatic nitrogens is 4. The summed E-state index contributed by atoms with van der Waals surface area (Å²) in [6, 6.07) is 3.45. The fraction of sp³-hybridized carbons (Fsp3) is 0.350. The predicted molar refractivity (Wildman–Crippen MR) is 118 cm³/mol. The lowest BCUT2D eigenvalue weighted by atomic mass is 10.0. The molecule has 0 aliphatic carbocycles. The Morgan fingerprint density at radius 3 is 2.94 bits per heavy atom. The molecule has 3 aromatic rings. The number of amides is 1. The van der Waals surface area contributed by atoms with Crippen molar-refractivity contribution >= 4 is 34.0 Å². The van der Waals surface area contributed by atoms with E-state index in [-0.39, 0.29) is 5.91 Å². The van der Waals surface area contributed by atoms with Gasteiger partial charge in [0.1, 0.15) is 10.9 Å². The molecule has 3 aromatic heterocycles. The minimum atomic E-state index is -0.375. The first kappa shape index (κ1) is 21.4. The molecular weight excluding hydrogens is 440 g/mol. The number of methoxy groups -OCH3 is 1. The van der Waals surface area contributed by atoms with Crippen molar-refractivity contribution in [2.45, 2.75) is 13.3 Å². The monoisotopic (exact) mass is 460 g/mol. The van der Waals surface area contributed by atoms with Gasteiger partial charge in [-0.15, -0.1) is 5.10 Å². The van der Waals surface area contributed by atoms with Crippen LogP contribution in [0, 0.1) is 12.8 Å². The molecule has 0 radical (unpaired) electrons. The normalized spacial score (nSPS) is 15.6. The Morgan fingerprint density at radius 1 is 1.29 bits per heavy atom. The van der Waals surface area contributed by atoms with Gasteiger partial charge in [0.05, 0.1) is 25.5 Å². The van der Waals surface area contributed by atoms with E-state index in [1.165, 1.54) is 30.8 Å². The second-order valence-corrected chi connectivity index (χ2v) is 8.40. The van der Waals surface area contributed by atoms with Gasteiger partial charge in [-0.1, -0.05) is 16.7 Å². The van der Waals surface area contributed by atoms with Crippen LogP contribution in [0.3, 0.4) is 0 Å². The summed E-state index contributed by atoms with van der Waals surface area (Å²) in [6.07, 6.45) is 4.11. The van der Waals surface area contributed by atoms with Gasteiger partial charge >= 0.3 is 0 Å². The zero-order valence-corrected chi connectivity index (χ0v) is 18.6. The number of anilines is 1. The van der Waals surface area contributed by atoms with Gasteiger partial charge in [-0.2, -0.15) is 0 Å². The molecule has 1 amide bonds. The molecule has 1 aliphatic rings. The van der Waals surface area contributed by atoms with Crippen LogP contribution in [-0.2, 0) is 0 Å². The Labute approximate surface area is 188 Å². The number of pyridine rings is 2. The number of ether oxygens (including phenoxy) is 2. The molecule has 2 N–H and O–H groups in total. The SMILES string of the molecule is COc1cnc(Cl)cc1-c1cc(C)ncc1C(=O)Nc1nnc(OCC2CCNC2)s1. The molecule has 1 aliphatic heterocycles. The van der Waals surface area contributed by atoms with Gasteiger partial charge in [-0.3, -0.25) is 15.1 Å². The second kappa shape index (κ2) is 9.54. The number of nitrogens with zero attached hydrogens (tertiary/aromatic N) is 4. The van der Waals surface area contributed by atoms with Crippen LogP contribution in [0.4, 0.5) is 5.13 Å². The number of halogens is 1. The first-order chi connectivity index (χ1) is 15.0. The van der Waals surface area contributed by atoms with Gasteiger partial charge in [-0.05, 0) is 43.4 Å². The number of hydrogen-bond donors (Lipinski definition) is 2. The predicted octanol–water partition coefficient (Wildman–Crippen LogP) is 3.21. The Morgan fingerprint density at radius 2 is 2.16 bits per heavy atom. The van der Waals surface area contributed by atoms with E-state index in [9.17, 15) is 4.79 Å². The zero-order chi connectivity index (χ0) is 21.8. The molecule has 11 heteroatoms. The summed E-state index contributed by atoms with van der Waals surface area (Å²) in [6.45, 7) is 4.36. The van der Waals surface area contributed by atoms with Crippen molar-refractivity contribution in [3.8, 4) is 22.1 Å². The summed E-state index contributed by atoms with van der Waals surface area (Å²) in [5.74, 6) is 0.586. The molecule has 1 fully saturated rings. The fourth-order valence-corrected chi connectivity index (χ4v) is 4.04. The van der Waals surface area contributed by atoms with E-state index in [0.29, 0.717) is 50.4 Å². The lowest BCUT2D eigenvalue weighted by molar-refractivity contribution is 0.102. The summed E-state index contributed by atoms with van der Waals surface area (Å²) in [5.41, 5.74) is 2.36. The maximum Gasteiger partial charge on any atom is 0.295 e. The molecule has 4 rings (SSSR count). The third kappa shape index (κ3) is 5.09. The molecule has 162 valence electrons. The van der Waals surface area contributed by atoms with Crippen molar-refractivity contribution < 1.29 is 14.3 Å². The highest BCUT2D eigenvalue weighted by Gasteiger charge is 2.20. The smallest absolute Gasteiger partial charge is 0.295 e. The van der Waals surface area contributed by atoms with Crippen LogP contribution < -0.4 is 20.1 Å². The van der Waals surface area contributed by atoms with Crippen LogP contribution in [-0.4, -0.2) is 52.9 Å². The van der Waals surface area contributed by atoms with Crippen molar-refractivity contribution in [1.82, 2.24) is 25.5 Å². The van der Waals surface area contributed by atoms with E-state index in [4.69, 9.17) is 21.1 Å². The van der Waals surface area contributed by atoms with Gasteiger partial charge in [0.2, 0.25) is 5.13 Å². The molecule has 4 heterocycles. The number of hydrogen-bond acceptors (Lipinski definition) is 9. The summed E-state index contributed by atoms with van der Waals surface area (Å²) < 4.78 is 11.1. The van der Waals surface area contributed by atoms with E-state index in [1.807, 2.05) is 6.92 Å². The maximum atomic E-state index is 13.0. The molecule has 31 heavy (non-hydrogen) atoms.